The molecule has 0 aliphatic carbocycles. The lowest BCUT2D eigenvalue weighted by Gasteiger charge is -2.13. The van der Waals surface area contributed by atoms with Gasteiger partial charge in [0, 0.05) is 6.20 Å². The number of carbonyl (C=O) groups is 1. The van der Waals surface area contributed by atoms with Crippen molar-refractivity contribution in [1.82, 2.24) is 9.38 Å². The monoisotopic (exact) mass is 365 g/mol. The van der Waals surface area contributed by atoms with Gasteiger partial charge in [-0.05, 0) is 62.7 Å². The fourth-order valence-electron chi connectivity index (χ4n) is 2.51. The molecular weight excluding hydrogens is 346 g/mol. The number of hydrogen-bond donors (Lipinski definition) is 0. The summed E-state index contributed by atoms with van der Waals surface area (Å²) < 4.78 is 17.9. The molecule has 0 bridgehead atoms. The van der Waals surface area contributed by atoms with Crippen molar-refractivity contribution in [3.63, 3.8) is 0 Å². The third kappa shape index (κ3) is 4.01. The van der Waals surface area contributed by atoms with E-state index in [1.54, 1.807) is 48.7 Å². The molecule has 7 nitrogen and oxygen atoms in total. The van der Waals surface area contributed by atoms with Crippen LogP contribution >= 0.6 is 0 Å². The van der Waals surface area contributed by atoms with Crippen LogP contribution in [-0.2, 0) is 9.53 Å². The van der Waals surface area contributed by atoms with Crippen LogP contribution in [0.1, 0.15) is 25.1 Å². The van der Waals surface area contributed by atoms with Gasteiger partial charge >= 0.3 is 5.97 Å². The quantitative estimate of drug-likeness (QED) is 0.620. The summed E-state index contributed by atoms with van der Waals surface area (Å²) in [6.07, 6.45) is 1.08. The SMILES string of the molecule is CCOC(=O)C(C)Oc1ccc(Oc2nc3cc(C)ccn3c2C#N)cc1. The molecular formula is C20H19N3O4. The number of esters is 1. The number of nitrogens with zero attached hydrogens (tertiary/aromatic N) is 3. The number of aromatic nitrogens is 2. The molecule has 1 aromatic carbocycles. The second-order valence-electron chi connectivity index (χ2n) is 5.90. The Balaban J connectivity index is 1.76. The van der Waals surface area contributed by atoms with Gasteiger partial charge in [-0.15, -0.1) is 0 Å². The molecule has 0 radical (unpaired) electrons. The predicted octanol–water partition coefficient (Wildman–Crippen LogP) is 3.64. The number of aryl methyl sites for hydroxylation is 1. The van der Waals surface area contributed by atoms with Gasteiger partial charge < -0.3 is 14.2 Å². The molecule has 3 rings (SSSR count). The van der Waals surface area contributed by atoms with E-state index in [1.165, 1.54) is 0 Å². The fraction of sp³-hybridized carbons (Fsp3) is 0.250. The van der Waals surface area contributed by atoms with Crippen LogP contribution < -0.4 is 9.47 Å². The van der Waals surface area contributed by atoms with Gasteiger partial charge in [0.1, 0.15) is 23.2 Å². The minimum Gasteiger partial charge on any atom is -0.479 e. The fourth-order valence-corrected chi connectivity index (χ4v) is 2.51. The highest BCUT2D eigenvalue weighted by Crippen LogP contribution is 2.27. The number of carbonyl (C=O) groups excluding carboxylic acids is 1. The predicted molar refractivity (Wildman–Crippen MR) is 97.9 cm³/mol. The van der Waals surface area contributed by atoms with E-state index in [0.29, 0.717) is 29.4 Å². The summed E-state index contributed by atoms with van der Waals surface area (Å²) in [5.74, 6) is 0.824. The first-order chi connectivity index (χ1) is 13.0. The molecule has 0 amide bonds. The summed E-state index contributed by atoms with van der Waals surface area (Å²) in [5, 5.41) is 9.44. The molecule has 3 aromatic rings. The minimum absolute atomic E-state index is 0.233. The second-order valence-corrected chi connectivity index (χ2v) is 5.90. The second kappa shape index (κ2) is 7.79. The van der Waals surface area contributed by atoms with E-state index in [2.05, 4.69) is 11.1 Å². The average molecular weight is 365 g/mol. The lowest BCUT2D eigenvalue weighted by atomic mass is 10.3. The Bertz CT molecular complexity index is 1000. The highest BCUT2D eigenvalue weighted by Gasteiger charge is 2.17. The van der Waals surface area contributed by atoms with E-state index in [-0.39, 0.29) is 5.88 Å². The van der Waals surface area contributed by atoms with Crippen LogP contribution in [-0.4, -0.2) is 28.1 Å². The number of fused-ring (bicyclic) bond motifs is 1. The van der Waals surface area contributed by atoms with Crippen LogP contribution in [0, 0.1) is 18.3 Å². The van der Waals surface area contributed by atoms with Crippen LogP contribution in [0.4, 0.5) is 0 Å². The first kappa shape index (κ1) is 18.3. The molecule has 27 heavy (non-hydrogen) atoms. The van der Waals surface area contributed by atoms with Crippen LogP contribution in [0.15, 0.2) is 42.6 Å². The molecule has 0 saturated heterocycles. The van der Waals surface area contributed by atoms with Gasteiger partial charge in [-0.2, -0.15) is 10.2 Å². The Kier molecular flexibility index (Phi) is 5.27. The normalized spacial score (nSPS) is 11.6. The standard InChI is InChI=1S/C20H19N3O4/c1-4-25-20(24)14(3)26-15-5-7-16(8-6-15)27-19-17(12-21)23-10-9-13(2)11-18(23)22-19/h5-11,14H,4H2,1-3H3. The molecule has 2 aromatic heterocycles. The van der Waals surface area contributed by atoms with Crippen molar-refractivity contribution >= 4 is 11.6 Å². The van der Waals surface area contributed by atoms with Crippen molar-refractivity contribution in [1.29, 1.82) is 5.26 Å². The molecule has 138 valence electrons. The number of rotatable bonds is 6. The average Bonchev–Trinajstić information content (AvgIpc) is 2.99. The number of imidazole rings is 1. The van der Waals surface area contributed by atoms with Gasteiger partial charge in [0.25, 0.3) is 5.88 Å². The molecule has 0 saturated carbocycles. The maximum Gasteiger partial charge on any atom is 0.347 e. The van der Waals surface area contributed by atoms with Crippen LogP contribution in [0.5, 0.6) is 17.4 Å². The van der Waals surface area contributed by atoms with Gasteiger partial charge in [-0.3, -0.25) is 4.40 Å². The van der Waals surface area contributed by atoms with Crippen molar-refractivity contribution in [2.24, 2.45) is 0 Å². The van der Waals surface area contributed by atoms with Crippen molar-refractivity contribution in [2.45, 2.75) is 26.9 Å². The van der Waals surface area contributed by atoms with E-state index < -0.39 is 12.1 Å². The Morgan fingerprint density at radius 1 is 1.26 bits per heavy atom. The van der Waals surface area contributed by atoms with Crippen LogP contribution in [0.3, 0.4) is 0 Å². The topological polar surface area (TPSA) is 85.8 Å². The van der Waals surface area contributed by atoms with Gasteiger partial charge in [-0.25, -0.2) is 4.79 Å². The first-order valence-corrected chi connectivity index (χ1v) is 8.52. The highest BCUT2D eigenvalue weighted by atomic mass is 16.6. The van der Waals surface area contributed by atoms with Crippen molar-refractivity contribution in [2.75, 3.05) is 6.61 Å². The molecule has 1 atom stereocenters. The molecule has 0 spiro atoms. The molecule has 1 unspecified atom stereocenters. The Labute approximate surface area is 156 Å². The molecule has 0 aliphatic heterocycles. The van der Waals surface area contributed by atoms with Crippen LogP contribution in [0.25, 0.3) is 5.65 Å². The van der Waals surface area contributed by atoms with E-state index in [0.717, 1.165) is 5.56 Å². The van der Waals surface area contributed by atoms with Crippen molar-refractivity contribution in [3.05, 3.63) is 53.9 Å². The van der Waals surface area contributed by atoms with E-state index >= 15 is 0 Å². The van der Waals surface area contributed by atoms with Gasteiger partial charge in [0.2, 0.25) is 0 Å². The maximum absolute atomic E-state index is 11.6. The minimum atomic E-state index is -0.705. The molecule has 0 fully saturated rings. The number of nitriles is 1. The number of pyridine rings is 1. The van der Waals surface area contributed by atoms with E-state index in [1.807, 2.05) is 19.1 Å². The van der Waals surface area contributed by atoms with Crippen molar-refractivity contribution in [3.8, 4) is 23.4 Å². The summed E-state index contributed by atoms with van der Waals surface area (Å²) in [6.45, 7) is 5.63. The molecule has 0 aliphatic rings. The van der Waals surface area contributed by atoms with Crippen LogP contribution in [0.2, 0.25) is 0 Å². The zero-order valence-corrected chi connectivity index (χ0v) is 15.3. The van der Waals surface area contributed by atoms with Gasteiger partial charge in [-0.1, -0.05) is 0 Å². The number of benzene rings is 1. The van der Waals surface area contributed by atoms with E-state index in [9.17, 15) is 10.1 Å². The lowest BCUT2D eigenvalue weighted by Crippen LogP contribution is -2.25. The Morgan fingerprint density at radius 3 is 2.63 bits per heavy atom. The summed E-state index contributed by atoms with van der Waals surface area (Å²) >= 11 is 0. The third-order valence-corrected chi connectivity index (χ3v) is 3.83. The van der Waals surface area contributed by atoms with Gasteiger partial charge in [0.05, 0.1) is 6.61 Å². The molecule has 0 N–H and O–H groups in total. The summed E-state index contributed by atoms with van der Waals surface area (Å²) in [4.78, 5) is 16.0. The summed E-state index contributed by atoms with van der Waals surface area (Å²) in [5.41, 5.74) is 2.01. The maximum atomic E-state index is 11.6. The Morgan fingerprint density at radius 2 is 1.96 bits per heavy atom. The zero-order chi connectivity index (χ0) is 19.4. The third-order valence-electron chi connectivity index (χ3n) is 3.83. The smallest absolute Gasteiger partial charge is 0.347 e. The number of hydrogen-bond acceptors (Lipinski definition) is 6. The number of ether oxygens (including phenoxy) is 3. The van der Waals surface area contributed by atoms with E-state index in [4.69, 9.17) is 14.2 Å². The van der Waals surface area contributed by atoms with Crippen molar-refractivity contribution < 1.29 is 19.0 Å². The Hall–Kier alpha value is -3.53. The largest absolute Gasteiger partial charge is 0.479 e. The summed E-state index contributed by atoms with van der Waals surface area (Å²) in [6, 6.07) is 12.6. The summed E-state index contributed by atoms with van der Waals surface area (Å²) in [7, 11) is 0. The first-order valence-electron chi connectivity index (χ1n) is 8.52. The van der Waals surface area contributed by atoms with Gasteiger partial charge in [0.15, 0.2) is 11.8 Å². The molecule has 2 heterocycles. The highest BCUT2D eigenvalue weighted by molar-refractivity contribution is 5.74. The zero-order valence-electron chi connectivity index (χ0n) is 15.3. The lowest BCUT2D eigenvalue weighted by molar-refractivity contribution is -0.150. The molecule has 7 heteroatoms.